The fourth-order valence-electron chi connectivity index (χ4n) is 4.72. The van der Waals surface area contributed by atoms with Crippen molar-refractivity contribution in [2.45, 2.75) is 38.6 Å². The lowest BCUT2D eigenvalue weighted by molar-refractivity contribution is -0.384. The van der Waals surface area contributed by atoms with Crippen molar-refractivity contribution in [1.82, 2.24) is 13.9 Å². The van der Waals surface area contributed by atoms with E-state index >= 15 is 0 Å². The molecule has 1 aliphatic rings. The van der Waals surface area contributed by atoms with Gasteiger partial charge in [0.25, 0.3) is 11.2 Å². The number of aryl methyl sites for hydroxylation is 1. The van der Waals surface area contributed by atoms with Crippen molar-refractivity contribution in [1.29, 1.82) is 0 Å². The smallest absolute Gasteiger partial charge is 0.271 e. The van der Waals surface area contributed by atoms with Crippen LogP contribution in [0.3, 0.4) is 0 Å². The SMILES string of the molecule is COc1ccc([N+](=O)[O-])cc1NC(=O)Cn1cnc2sc(C)c(S(=O)(=O)N3C[C@H](C)C[C@@H](C)C3)c2c1=O. The van der Waals surface area contributed by atoms with E-state index in [9.17, 15) is 28.1 Å². The minimum atomic E-state index is -3.97. The van der Waals surface area contributed by atoms with Crippen LogP contribution >= 0.6 is 11.3 Å². The average molecular weight is 550 g/mol. The molecule has 1 amide bonds. The summed E-state index contributed by atoms with van der Waals surface area (Å²) in [5.41, 5.74) is -0.847. The van der Waals surface area contributed by atoms with E-state index in [1.54, 1.807) is 6.92 Å². The van der Waals surface area contributed by atoms with E-state index in [0.717, 1.165) is 28.4 Å². The molecule has 198 valence electrons. The van der Waals surface area contributed by atoms with E-state index < -0.39 is 33.0 Å². The first-order chi connectivity index (χ1) is 17.4. The fourth-order valence-corrected chi connectivity index (χ4v) is 8.07. The van der Waals surface area contributed by atoms with Gasteiger partial charge < -0.3 is 10.1 Å². The van der Waals surface area contributed by atoms with Gasteiger partial charge in [0, 0.05) is 30.1 Å². The first-order valence-electron chi connectivity index (χ1n) is 11.5. The first-order valence-corrected chi connectivity index (χ1v) is 13.8. The topological polar surface area (TPSA) is 154 Å². The minimum absolute atomic E-state index is 0.0448. The number of amides is 1. The van der Waals surface area contributed by atoms with Gasteiger partial charge in [-0.2, -0.15) is 4.31 Å². The summed E-state index contributed by atoms with van der Waals surface area (Å²) in [6, 6.07) is 3.73. The molecule has 0 unspecified atom stereocenters. The molecule has 0 saturated carbocycles. The van der Waals surface area contributed by atoms with E-state index in [1.165, 1.54) is 29.9 Å². The molecule has 12 nitrogen and oxygen atoms in total. The number of anilines is 1. The molecule has 1 aromatic carbocycles. The highest BCUT2D eigenvalue weighted by Crippen LogP contribution is 2.35. The number of hydrogen-bond acceptors (Lipinski definition) is 9. The number of piperidine rings is 1. The number of non-ortho nitro benzene ring substituents is 1. The summed E-state index contributed by atoms with van der Waals surface area (Å²) in [5, 5.41) is 13.6. The molecule has 1 N–H and O–H groups in total. The normalized spacial score (nSPS) is 18.6. The minimum Gasteiger partial charge on any atom is -0.495 e. The third kappa shape index (κ3) is 5.22. The van der Waals surface area contributed by atoms with Crippen LogP contribution in [-0.2, 0) is 21.4 Å². The Kier molecular flexibility index (Phi) is 7.35. The van der Waals surface area contributed by atoms with Crippen molar-refractivity contribution < 1.29 is 22.9 Å². The summed E-state index contributed by atoms with van der Waals surface area (Å²) in [6.45, 7) is 5.89. The van der Waals surface area contributed by atoms with Gasteiger partial charge in [0.15, 0.2) is 0 Å². The lowest BCUT2D eigenvalue weighted by Crippen LogP contribution is -2.42. The summed E-state index contributed by atoms with van der Waals surface area (Å²) in [5.74, 6) is -0.0928. The number of fused-ring (bicyclic) bond motifs is 1. The van der Waals surface area contributed by atoms with Crippen molar-refractivity contribution in [2.75, 3.05) is 25.5 Å². The highest BCUT2D eigenvalue weighted by molar-refractivity contribution is 7.89. The summed E-state index contributed by atoms with van der Waals surface area (Å²) in [7, 11) is -2.62. The van der Waals surface area contributed by atoms with Crippen molar-refractivity contribution in [2.24, 2.45) is 11.8 Å². The molecular weight excluding hydrogens is 522 g/mol. The van der Waals surface area contributed by atoms with Gasteiger partial charge in [0.1, 0.15) is 22.0 Å². The molecule has 1 saturated heterocycles. The van der Waals surface area contributed by atoms with Gasteiger partial charge in [-0.3, -0.25) is 24.3 Å². The number of benzene rings is 1. The molecule has 2 atom stereocenters. The number of nitrogens with one attached hydrogen (secondary N) is 1. The van der Waals surface area contributed by atoms with Crippen LogP contribution in [0.2, 0.25) is 0 Å². The highest BCUT2D eigenvalue weighted by Gasteiger charge is 2.36. The third-order valence-electron chi connectivity index (χ3n) is 6.21. The maximum absolute atomic E-state index is 13.7. The predicted octanol–water partition coefficient (Wildman–Crippen LogP) is 2.99. The standard InChI is InChI=1S/C23H27N5O7S2/c1-13-7-14(2)10-27(9-13)37(33,34)21-15(3)36-22-20(21)23(30)26(12-24-22)11-19(29)25-17-8-16(28(31)32)5-6-18(17)35-4/h5-6,8,12-14H,7,9-11H2,1-4H3,(H,25,29)/t13-,14-/m1/s1. The van der Waals surface area contributed by atoms with Crippen LogP contribution in [0.5, 0.6) is 5.75 Å². The van der Waals surface area contributed by atoms with Gasteiger partial charge in [-0.05, 0) is 31.2 Å². The number of nitrogens with zero attached hydrogens (tertiary/aromatic N) is 4. The molecule has 3 aromatic rings. The van der Waals surface area contributed by atoms with Crippen LogP contribution < -0.4 is 15.6 Å². The Morgan fingerprint density at radius 2 is 1.97 bits per heavy atom. The monoisotopic (exact) mass is 549 g/mol. The molecule has 3 heterocycles. The maximum atomic E-state index is 13.7. The second-order valence-electron chi connectivity index (χ2n) is 9.30. The lowest BCUT2D eigenvalue weighted by atomic mass is 9.94. The van der Waals surface area contributed by atoms with Crippen molar-refractivity contribution in [3.8, 4) is 5.75 Å². The quantitative estimate of drug-likeness (QED) is 0.349. The Morgan fingerprint density at radius 1 is 1.30 bits per heavy atom. The Morgan fingerprint density at radius 3 is 2.59 bits per heavy atom. The van der Waals surface area contributed by atoms with Gasteiger partial charge in [-0.25, -0.2) is 13.4 Å². The molecule has 0 aliphatic carbocycles. The zero-order valence-electron chi connectivity index (χ0n) is 20.8. The van der Waals surface area contributed by atoms with Crippen LogP contribution in [0.1, 0.15) is 25.1 Å². The Labute approximate surface area is 217 Å². The van der Waals surface area contributed by atoms with Crippen molar-refractivity contribution in [3.63, 3.8) is 0 Å². The Balaban J connectivity index is 1.68. The zero-order chi connectivity index (χ0) is 27.1. The Hall–Kier alpha value is -3.36. The van der Waals surface area contributed by atoms with Crippen LogP contribution in [-0.4, -0.2) is 53.3 Å². The highest BCUT2D eigenvalue weighted by atomic mass is 32.2. The number of sulfonamides is 1. The second-order valence-corrected chi connectivity index (χ2v) is 12.4. The molecule has 2 aromatic heterocycles. The molecule has 4 rings (SSSR count). The van der Waals surface area contributed by atoms with Gasteiger partial charge in [-0.15, -0.1) is 11.3 Å². The Bertz CT molecular complexity index is 1540. The molecular formula is C23H27N5O7S2. The maximum Gasteiger partial charge on any atom is 0.271 e. The number of nitro groups is 1. The molecule has 0 radical (unpaired) electrons. The zero-order valence-corrected chi connectivity index (χ0v) is 22.4. The number of thiophene rings is 1. The summed E-state index contributed by atoms with van der Waals surface area (Å²) >= 11 is 1.11. The van der Waals surface area contributed by atoms with Gasteiger partial charge in [-0.1, -0.05) is 13.8 Å². The first kappa shape index (κ1) is 26.7. The van der Waals surface area contributed by atoms with Gasteiger partial charge in [0.2, 0.25) is 15.9 Å². The molecule has 0 spiro atoms. The van der Waals surface area contributed by atoms with Gasteiger partial charge in [0.05, 0.1) is 29.4 Å². The van der Waals surface area contributed by atoms with Crippen molar-refractivity contribution >= 4 is 48.9 Å². The van der Waals surface area contributed by atoms with Crippen LogP contribution in [0.15, 0.2) is 34.2 Å². The van der Waals surface area contributed by atoms with E-state index in [2.05, 4.69) is 10.3 Å². The van der Waals surface area contributed by atoms with Crippen molar-refractivity contribution in [3.05, 3.63) is 49.9 Å². The number of carbonyl (C=O) groups excluding carboxylic acids is 1. The number of hydrogen-bond donors (Lipinski definition) is 1. The van der Waals surface area contributed by atoms with E-state index in [0.29, 0.717) is 18.0 Å². The summed E-state index contributed by atoms with van der Waals surface area (Å²) in [4.78, 5) is 41.6. The van der Waals surface area contributed by atoms with Gasteiger partial charge >= 0.3 is 0 Å². The molecule has 14 heteroatoms. The third-order valence-corrected chi connectivity index (χ3v) is 9.36. The average Bonchev–Trinajstić information content (AvgIpc) is 3.17. The molecule has 0 bridgehead atoms. The number of ether oxygens (including phenoxy) is 1. The summed E-state index contributed by atoms with van der Waals surface area (Å²) in [6.07, 6.45) is 2.11. The second kappa shape index (κ2) is 10.2. The number of methoxy groups -OCH3 is 1. The molecule has 37 heavy (non-hydrogen) atoms. The number of carbonyl (C=O) groups is 1. The van der Waals surface area contributed by atoms with Crippen LogP contribution in [0.25, 0.3) is 10.2 Å². The number of aromatic nitrogens is 2. The molecule has 1 fully saturated rings. The predicted molar refractivity (Wildman–Crippen MR) is 139 cm³/mol. The number of rotatable bonds is 7. The van der Waals surface area contributed by atoms with Crippen LogP contribution in [0, 0.1) is 28.9 Å². The summed E-state index contributed by atoms with van der Waals surface area (Å²) < 4.78 is 34.9. The largest absolute Gasteiger partial charge is 0.495 e. The lowest BCUT2D eigenvalue weighted by Gasteiger charge is -2.34. The fraction of sp³-hybridized carbons (Fsp3) is 0.435. The van der Waals surface area contributed by atoms with E-state index in [-0.39, 0.29) is 44.1 Å². The van der Waals surface area contributed by atoms with E-state index in [4.69, 9.17) is 4.74 Å². The van der Waals surface area contributed by atoms with E-state index in [1.807, 2.05) is 13.8 Å². The number of nitro benzene ring substituents is 1. The van der Waals surface area contributed by atoms with Crippen LogP contribution in [0.4, 0.5) is 11.4 Å². The molecule has 1 aliphatic heterocycles.